The molecular weight excluding hydrogens is 473 g/mol. The minimum Gasteiger partial charge on any atom is -0.274 e. The first-order chi connectivity index (χ1) is 16.5. The molecule has 4 amide bonds. The highest BCUT2D eigenvalue weighted by Gasteiger charge is 2.47. The molecule has 1 atom stereocenters. The van der Waals surface area contributed by atoms with Crippen LogP contribution in [-0.2, 0) is 20.6 Å². The summed E-state index contributed by atoms with van der Waals surface area (Å²) in [5.41, 5.74) is -0.137. The van der Waals surface area contributed by atoms with Crippen LogP contribution in [0.3, 0.4) is 0 Å². The third-order valence-corrected chi connectivity index (χ3v) is 4.99. The highest BCUT2D eigenvalue weighted by molar-refractivity contribution is 6.23. The van der Waals surface area contributed by atoms with Crippen LogP contribution in [0.4, 0.5) is 24.5 Å². The SMILES string of the molecule is CC=CC(=O)N(NC(=O)c1ccc([N+](=O)[O-])cc1)C1CC(=O)N(c2ccccc2C(F)(F)F)C1=O. The molecule has 2 aromatic rings. The maximum absolute atomic E-state index is 13.5. The number of nitrogens with one attached hydrogen (secondary N) is 1. The van der Waals surface area contributed by atoms with Gasteiger partial charge in [0.2, 0.25) is 5.91 Å². The molecule has 13 heteroatoms. The Bertz CT molecular complexity index is 1230. The van der Waals surface area contributed by atoms with E-state index in [2.05, 4.69) is 5.43 Å². The molecule has 1 aliphatic heterocycles. The molecule has 10 nitrogen and oxygen atoms in total. The second kappa shape index (κ2) is 9.75. The molecule has 1 unspecified atom stereocenters. The van der Waals surface area contributed by atoms with Gasteiger partial charge in [-0.2, -0.15) is 13.2 Å². The van der Waals surface area contributed by atoms with Crippen molar-refractivity contribution in [1.82, 2.24) is 10.4 Å². The third-order valence-electron chi connectivity index (χ3n) is 4.99. The average molecular weight is 490 g/mol. The van der Waals surface area contributed by atoms with Gasteiger partial charge >= 0.3 is 6.18 Å². The molecule has 0 bridgehead atoms. The van der Waals surface area contributed by atoms with Gasteiger partial charge in [0.25, 0.3) is 23.4 Å². The quantitative estimate of drug-likeness (QED) is 0.297. The molecule has 182 valence electrons. The van der Waals surface area contributed by atoms with E-state index in [-0.39, 0.29) is 11.3 Å². The number of alkyl halides is 3. The van der Waals surface area contributed by atoms with Crippen molar-refractivity contribution in [3.05, 3.63) is 81.9 Å². The van der Waals surface area contributed by atoms with E-state index in [0.717, 1.165) is 42.5 Å². The number of hydrogen-bond donors (Lipinski definition) is 1. The van der Waals surface area contributed by atoms with Crippen LogP contribution in [-0.4, -0.2) is 39.6 Å². The number of hydrogen-bond acceptors (Lipinski definition) is 6. The fourth-order valence-corrected chi connectivity index (χ4v) is 3.40. The second-order valence-corrected chi connectivity index (χ2v) is 7.26. The molecule has 1 saturated heterocycles. The predicted molar refractivity (Wildman–Crippen MR) is 115 cm³/mol. The monoisotopic (exact) mass is 490 g/mol. The Hall–Kier alpha value is -4.55. The number of nitro benzene ring substituents is 1. The van der Waals surface area contributed by atoms with Crippen molar-refractivity contribution >= 4 is 35.0 Å². The summed E-state index contributed by atoms with van der Waals surface area (Å²) in [5.74, 6) is -4.00. The number of benzene rings is 2. The van der Waals surface area contributed by atoms with Gasteiger partial charge in [0.1, 0.15) is 6.04 Å². The molecule has 0 aromatic heterocycles. The minimum absolute atomic E-state index is 0.107. The lowest BCUT2D eigenvalue weighted by Gasteiger charge is -2.27. The molecule has 1 fully saturated rings. The number of amides is 4. The lowest BCUT2D eigenvalue weighted by molar-refractivity contribution is -0.384. The summed E-state index contributed by atoms with van der Waals surface area (Å²) in [6, 6.07) is 6.67. The van der Waals surface area contributed by atoms with Crippen LogP contribution < -0.4 is 10.3 Å². The highest BCUT2D eigenvalue weighted by atomic mass is 19.4. The van der Waals surface area contributed by atoms with Crippen molar-refractivity contribution in [3.8, 4) is 0 Å². The molecule has 1 aliphatic rings. The minimum atomic E-state index is -4.86. The Balaban J connectivity index is 1.94. The zero-order chi connectivity index (χ0) is 25.9. The summed E-state index contributed by atoms with van der Waals surface area (Å²) in [7, 11) is 0. The van der Waals surface area contributed by atoms with Crippen LogP contribution in [0.5, 0.6) is 0 Å². The van der Waals surface area contributed by atoms with E-state index >= 15 is 0 Å². The largest absolute Gasteiger partial charge is 0.418 e. The predicted octanol–water partition coefficient (Wildman–Crippen LogP) is 3.00. The Morgan fingerprint density at radius 3 is 2.34 bits per heavy atom. The van der Waals surface area contributed by atoms with Gasteiger partial charge in [-0.05, 0) is 31.2 Å². The number of non-ortho nitro benzene ring substituents is 1. The number of imide groups is 1. The summed E-state index contributed by atoms with van der Waals surface area (Å²) in [6.07, 6.45) is -3.26. The van der Waals surface area contributed by atoms with Crippen molar-refractivity contribution in [3.63, 3.8) is 0 Å². The summed E-state index contributed by atoms with van der Waals surface area (Å²) in [4.78, 5) is 61.5. The number of para-hydroxylation sites is 1. The lowest BCUT2D eigenvalue weighted by atomic mass is 10.1. The topological polar surface area (TPSA) is 130 Å². The summed E-state index contributed by atoms with van der Waals surface area (Å²) in [6.45, 7) is 1.47. The fourth-order valence-electron chi connectivity index (χ4n) is 3.40. The first kappa shape index (κ1) is 25.1. The molecule has 0 spiro atoms. The van der Waals surface area contributed by atoms with E-state index < -0.39 is 58.4 Å². The van der Waals surface area contributed by atoms with Crippen LogP contribution >= 0.6 is 0 Å². The Morgan fingerprint density at radius 2 is 1.77 bits per heavy atom. The highest BCUT2D eigenvalue weighted by Crippen LogP contribution is 2.38. The smallest absolute Gasteiger partial charge is 0.274 e. The van der Waals surface area contributed by atoms with Crippen molar-refractivity contribution in [2.45, 2.75) is 25.6 Å². The zero-order valence-corrected chi connectivity index (χ0v) is 18.0. The molecule has 35 heavy (non-hydrogen) atoms. The van der Waals surface area contributed by atoms with Gasteiger partial charge in [0.15, 0.2) is 0 Å². The van der Waals surface area contributed by atoms with Crippen LogP contribution in [0.1, 0.15) is 29.3 Å². The van der Waals surface area contributed by atoms with Gasteiger partial charge in [-0.25, -0.2) is 9.91 Å². The van der Waals surface area contributed by atoms with Crippen LogP contribution in [0.25, 0.3) is 0 Å². The maximum atomic E-state index is 13.5. The third kappa shape index (κ3) is 5.18. The van der Waals surface area contributed by atoms with E-state index in [1.165, 1.54) is 19.1 Å². The second-order valence-electron chi connectivity index (χ2n) is 7.26. The van der Waals surface area contributed by atoms with Crippen LogP contribution in [0.2, 0.25) is 0 Å². The van der Waals surface area contributed by atoms with Gasteiger partial charge in [0, 0.05) is 23.8 Å². The van der Waals surface area contributed by atoms with E-state index in [9.17, 15) is 42.5 Å². The molecular formula is C22H17F3N4O6. The number of halogens is 3. The lowest BCUT2D eigenvalue weighted by Crippen LogP contribution is -2.54. The molecule has 3 rings (SSSR count). The van der Waals surface area contributed by atoms with E-state index in [1.807, 2.05) is 0 Å². The first-order valence-corrected chi connectivity index (χ1v) is 10.00. The Labute approximate surface area is 195 Å². The molecule has 1 heterocycles. The Morgan fingerprint density at radius 1 is 1.14 bits per heavy atom. The van der Waals surface area contributed by atoms with Crippen molar-refractivity contribution in [1.29, 1.82) is 0 Å². The Kier molecular flexibility index (Phi) is 6.99. The molecule has 1 N–H and O–H groups in total. The molecule has 2 aromatic carbocycles. The van der Waals surface area contributed by atoms with E-state index in [4.69, 9.17) is 0 Å². The van der Waals surface area contributed by atoms with Gasteiger partial charge in [-0.3, -0.25) is 34.7 Å². The number of anilines is 1. The van der Waals surface area contributed by atoms with E-state index in [1.54, 1.807) is 0 Å². The normalized spacial score (nSPS) is 16.0. The van der Waals surface area contributed by atoms with Crippen LogP contribution in [0, 0.1) is 10.1 Å². The molecule has 0 aliphatic carbocycles. The summed E-state index contributed by atoms with van der Waals surface area (Å²) >= 11 is 0. The standard InChI is InChI=1S/C22H17F3N4O6/c1-2-5-18(30)28(26-20(32)13-8-10-14(11-9-13)29(34)35)17-12-19(31)27(21(17)33)16-7-4-3-6-15(16)22(23,24)25/h2-11,17H,12H2,1H3,(H,26,32). The number of hydrazine groups is 1. The van der Waals surface area contributed by atoms with Gasteiger partial charge < -0.3 is 0 Å². The first-order valence-electron chi connectivity index (χ1n) is 10.00. The number of allylic oxidation sites excluding steroid dienone is 1. The zero-order valence-electron chi connectivity index (χ0n) is 18.0. The number of nitrogens with zero attached hydrogens (tertiary/aromatic N) is 3. The summed E-state index contributed by atoms with van der Waals surface area (Å²) < 4.78 is 40.4. The maximum Gasteiger partial charge on any atom is 0.418 e. The van der Waals surface area contributed by atoms with E-state index in [0.29, 0.717) is 16.0 Å². The summed E-state index contributed by atoms with van der Waals surface area (Å²) in [5, 5.41) is 11.4. The van der Waals surface area contributed by atoms with Gasteiger partial charge in [-0.15, -0.1) is 0 Å². The van der Waals surface area contributed by atoms with Crippen molar-refractivity contribution < 1.29 is 37.3 Å². The molecule has 0 saturated carbocycles. The number of nitro groups is 1. The number of carbonyl (C=O) groups is 4. The van der Waals surface area contributed by atoms with Crippen molar-refractivity contribution in [2.24, 2.45) is 0 Å². The van der Waals surface area contributed by atoms with Crippen LogP contribution in [0.15, 0.2) is 60.7 Å². The number of carbonyl (C=O) groups excluding carboxylic acids is 4. The number of rotatable bonds is 5. The van der Waals surface area contributed by atoms with Gasteiger partial charge in [0.05, 0.1) is 22.6 Å². The average Bonchev–Trinajstić information content (AvgIpc) is 3.10. The van der Waals surface area contributed by atoms with Gasteiger partial charge in [-0.1, -0.05) is 18.2 Å². The molecule has 0 radical (unpaired) electrons. The van der Waals surface area contributed by atoms with Crippen molar-refractivity contribution in [2.75, 3.05) is 4.90 Å². The fraction of sp³-hybridized carbons (Fsp3) is 0.182.